The summed E-state index contributed by atoms with van der Waals surface area (Å²) in [6.07, 6.45) is 7.96. The second kappa shape index (κ2) is 17.8. The van der Waals surface area contributed by atoms with Crippen LogP contribution >= 0.6 is 0 Å². The fourth-order valence-corrected chi connectivity index (χ4v) is 9.14. The maximum Gasteiger partial charge on any atom is 0.267 e. The second-order valence-electron chi connectivity index (χ2n) is 22.4. The van der Waals surface area contributed by atoms with Gasteiger partial charge in [0.25, 0.3) is 6.33 Å². The monoisotopic (exact) mass is 1080 g/mol. The molecule has 0 radical (unpaired) electrons. The summed E-state index contributed by atoms with van der Waals surface area (Å²) >= 11 is 0. The molecule has 3 heterocycles. The van der Waals surface area contributed by atoms with Gasteiger partial charge in [0, 0.05) is 61.3 Å². The van der Waals surface area contributed by atoms with Crippen LogP contribution in [-0.4, -0.2) is 14.1 Å². The first-order valence-corrected chi connectivity index (χ1v) is 23.6. The van der Waals surface area contributed by atoms with Gasteiger partial charge in [-0.3, -0.25) is 4.57 Å². The number of ether oxygens (including phenoxy) is 1. The molecule has 68 heavy (non-hydrogen) atoms. The maximum absolute atomic E-state index is 6.76. The number of imidazole rings is 1. The molecule has 0 amide bonds. The van der Waals surface area contributed by atoms with Crippen LogP contribution in [0.3, 0.4) is 0 Å². The molecule has 0 fully saturated rings. The van der Waals surface area contributed by atoms with E-state index in [1.807, 2.05) is 24.4 Å². The van der Waals surface area contributed by atoms with E-state index in [1.54, 1.807) is 0 Å². The third-order valence-corrected chi connectivity index (χ3v) is 13.7. The smallest absolute Gasteiger partial charge is 0.267 e. The Kier molecular flexibility index (Phi) is 12.7. The van der Waals surface area contributed by atoms with E-state index in [0.717, 1.165) is 44.7 Å². The standard InChI is InChI=1S/C62H64N4O.Pt/c1-58(2,3)44-27-30-54-53(36-44)52-29-28-51(39-55(52)66(54)57-37-45(31-32-63-57)59(4,5)6)67-50-26-20-25-48(38-50)65-41-64(40-56(65)62(12,13)43-23-18-15-19-24-43)49-34-46(60(7,8)9)33-47(35-49)61(10,11)42-21-16-14-17-22-42;/h14-37,40H,1-13H3;/q-2;. The summed E-state index contributed by atoms with van der Waals surface area (Å²) in [5, 5.41) is 2.26. The third-order valence-electron chi connectivity index (χ3n) is 13.7. The average molecular weight is 1080 g/mol. The molecule has 0 unspecified atom stereocenters. The number of aromatic nitrogens is 4. The van der Waals surface area contributed by atoms with Crippen LogP contribution in [0, 0.1) is 18.5 Å². The van der Waals surface area contributed by atoms with Gasteiger partial charge in [-0.15, -0.1) is 29.7 Å². The largest absolute Gasteiger partial charge is 0.510 e. The number of nitrogens with zero attached hydrogens (tertiary/aromatic N) is 4. The Bertz CT molecular complexity index is 3260. The van der Waals surface area contributed by atoms with Crippen molar-refractivity contribution >= 4 is 21.8 Å². The van der Waals surface area contributed by atoms with Crippen LogP contribution in [0.5, 0.6) is 11.5 Å². The van der Waals surface area contributed by atoms with Crippen LogP contribution < -0.4 is 9.30 Å². The first kappa shape index (κ1) is 48.4. The fraction of sp³-hybridized carbons (Fsp3) is 0.290. The first-order valence-electron chi connectivity index (χ1n) is 23.6. The molecule has 0 aliphatic heterocycles. The molecule has 0 atom stereocenters. The van der Waals surface area contributed by atoms with Crippen molar-refractivity contribution in [1.82, 2.24) is 14.1 Å². The molecule has 0 bridgehead atoms. The van der Waals surface area contributed by atoms with Crippen molar-refractivity contribution < 1.29 is 30.4 Å². The Morgan fingerprint density at radius 2 is 1.10 bits per heavy atom. The molecule has 9 aromatic rings. The molecule has 0 N–H and O–H groups in total. The van der Waals surface area contributed by atoms with Crippen molar-refractivity contribution in [3.05, 3.63) is 209 Å². The SMILES string of the molecule is CC(C)(C)c1cc(-[n+]2[c-]n(-c3[c-]c(Oc4[c-]c5c(cc4)c4cc(C(C)(C)C)ccc4n5-c4cc(C(C)(C)C)ccn4)ccc3)c(C(C)(C)c3ccccc3)c2)cc(C(C)(C)c2ccccc2)c1.[Pt]. The van der Waals surface area contributed by atoms with E-state index in [-0.39, 0.29) is 42.7 Å². The Morgan fingerprint density at radius 3 is 1.75 bits per heavy atom. The number of hydrogen-bond acceptors (Lipinski definition) is 2. The van der Waals surface area contributed by atoms with Gasteiger partial charge >= 0.3 is 0 Å². The van der Waals surface area contributed by atoms with Gasteiger partial charge in [-0.1, -0.05) is 174 Å². The molecule has 350 valence electrons. The number of rotatable bonds is 9. The van der Waals surface area contributed by atoms with Gasteiger partial charge in [0.05, 0.1) is 11.4 Å². The van der Waals surface area contributed by atoms with Crippen molar-refractivity contribution in [3.63, 3.8) is 0 Å². The molecule has 0 saturated heterocycles. The van der Waals surface area contributed by atoms with Crippen molar-refractivity contribution in [3.8, 4) is 28.7 Å². The summed E-state index contributed by atoms with van der Waals surface area (Å²) in [5.41, 5.74) is 11.6. The summed E-state index contributed by atoms with van der Waals surface area (Å²) in [4.78, 5) is 4.93. The fourth-order valence-electron chi connectivity index (χ4n) is 9.14. The number of pyridine rings is 1. The van der Waals surface area contributed by atoms with Gasteiger partial charge in [-0.25, -0.2) is 4.98 Å². The van der Waals surface area contributed by atoms with Gasteiger partial charge in [-0.05, 0) is 91.0 Å². The summed E-state index contributed by atoms with van der Waals surface area (Å²) in [6, 6.07) is 57.3. The number of fused-ring (bicyclic) bond motifs is 3. The first-order chi connectivity index (χ1) is 31.6. The maximum atomic E-state index is 6.76. The van der Waals surface area contributed by atoms with Gasteiger partial charge in [0.2, 0.25) is 0 Å². The molecular weight excluding hydrogens is 1010 g/mol. The quantitative estimate of drug-likeness (QED) is 0.107. The minimum absolute atomic E-state index is 0. The van der Waals surface area contributed by atoms with E-state index in [9.17, 15) is 0 Å². The summed E-state index contributed by atoms with van der Waals surface area (Å²) in [5.74, 6) is 2.03. The van der Waals surface area contributed by atoms with E-state index in [1.165, 1.54) is 33.4 Å². The Morgan fingerprint density at radius 1 is 0.500 bits per heavy atom. The van der Waals surface area contributed by atoms with Crippen LogP contribution in [0.1, 0.15) is 129 Å². The topological polar surface area (TPSA) is 35.9 Å². The molecular formula is C62H64N4OPt-2. The van der Waals surface area contributed by atoms with Crippen molar-refractivity contribution in [2.24, 2.45) is 0 Å². The van der Waals surface area contributed by atoms with E-state index in [4.69, 9.17) is 9.72 Å². The van der Waals surface area contributed by atoms with E-state index in [0.29, 0.717) is 11.5 Å². The molecule has 6 aromatic carbocycles. The normalized spacial score (nSPS) is 12.7. The predicted octanol–water partition coefficient (Wildman–Crippen LogP) is 15.0. The molecule has 0 aliphatic carbocycles. The molecule has 0 spiro atoms. The van der Waals surface area contributed by atoms with E-state index < -0.39 is 5.41 Å². The van der Waals surface area contributed by atoms with Crippen LogP contribution in [0.25, 0.3) is 39.0 Å². The van der Waals surface area contributed by atoms with Crippen LogP contribution in [-0.2, 0) is 48.1 Å². The zero-order valence-electron chi connectivity index (χ0n) is 41.9. The number of benzene rings is 6. The molecule has 9 rings (SSSR count). The molecule has 0 saturated carbocycles. The minimum atomic E-state index is -0.404. The van der Waals surface area contributed by atoms with E-state index >= 15 is 0 Å². The number of hydrogen-bond donors (Lipinski definition) is 0. The van der Waals surface area contributed by atoms with Gasteiger partial charge < -0.3 is 13.9 Å². The zero-order valence-corrected chi connectivity index (χ0v) is 44.2. The molecule has 0 aliphatic rings. The summed E-state index contributed by atoms with van der Waals surface area (Å²) in [7, 11) is 0. The van der Waals surface area contributed by atoms with Crippen LogP contribution in [0.4, 0.5) is 0 Å². The molecule has 6 heteroatoms. The van der Waals surface area contributed by atoms with Gasteiger partial charge in [0.15, 0.2) is 0 Å². The van der Waals surface area contributed by atoms with Crippen molar-refractivity contribution in [1.29, 1.82) is 0 Å². The molecule has 3 aromatic heterocycles. The minimum Gasteiger partial charge on any atom is -0.510 e. The van der Waals surface area contributed by atoms with Crippen LogP contribution in [0.2, 0.25) is 0 Å². The molecule has 5 nitrogen and oxygen atoms in total. The second-order valence-corrected chi connectivity index (χ2v) is 22.4. The van der Waals surface area contributed by atoms with Crippen molar-refractivity contribution in [2.45, 2.75) is 117 Å². The summed E-state index contributed by atoms with van der Waals surface area (Å²) < 4.78 is 13.3. The van der Waals surface area contributed by atoms with Crippen molar-refractivity contribution in [2.75, 3.05) is 0 Å². The zero-order chi connectivity index (χ0) is 47.7. The Balaban J connectivity index is 0.00000625. The Labute approximate surface area is 419 Å². The summed E-state index contributed by atoms with van der Waals surface area (Å²) in [6.45, 7) is 29.5. The Hall–Kier alpha value is -6.03. The average Bonchev–Trinajstić information content (AvgIpc) is 3.89. The van der Waals surface area contributed by atoms with Gasteiger partial charge in [0.1, 0.15) is 5.82 Å². The third kappa shape index (κ3) is 9.27. The van der Waals surface area contributed by atoms with E-state index in [2.05, 4.69) is 250 Å². The van der Waals surface area contributed by atoms with Gasteiger partial charge in [-0.2, -0.15) is 18.2 Å². The van der Waals surface area contributed by atoms with Crippen LogP contribution in [0.15, 0.2) is 152 Å². The predicted molar refractivity (Wildman–Crippen MR) is 276 cm³/mol.